The van der Waals surface area contributed by atoms with E-state index in [-0.39, 0.29) is 0 Å². The van der Waals surface area contributed by atoms with Crippen molar-refractivity contribution in [3.63, 3.8) is 0 Å². The molecule has 0 aliphatic heterocycles. The third kappa shape index (κ3) is 2.25. The van der Waals surface area contributed by atoms with Crippen molar-refractivity contribution in [1.29, 1.82) is 0 Å². The lowest BCUT2D eigenvalue weighted by molar-refractivity contribution is -0.140. The van der Waals surface area contributed by atoms with E-state index in [1.165, 1.54) is 12.1 Å². The van der Waals surface area contributed by atoms with Crippen LogP contribution in [0.15, 0.2) is 30.3 Å². The number of halogens is 1. The lowest BCUT2D eigenvalue weighted by Crippen LogP contribution is -2.15. The molecule has 0 aliphatic carbocycles. The van der Waals surface area contributed by atoms with Crippen LogP contribution in [0.1, 0.15) is 24.1 Å². The Balaban J connectivity index is 2.22. The maximum Gasteiger partial charge on any atom is 0.326 e. The summed E-state index contributed by atoms with van der Waals surface area (Å²) in [5, 5.41) is 10.0. The average molecular weight is 337 g/mol. The van der Waals surface area contributed by atoms with Crippen LogP contribution in [-0.2, 0) is 4.79 Å². The van der Waals surface area contributed by atoms with E-state index in [2.05, 4.69) is 9.97 Å². The van der Waals surface area contributed by atoms with E-state index in [0.717, 1.165) is 11.1 Å². The fraction of sp³-hybridized carbons (Fsp3) is 0.211. The number of aliphatic carboxylic acids is 1. The summed E-state index contributed by atoms with van der Waals surface area (Å²) in [4.78, 5) is 20.9. The Labute approximate surface area is 142 Å². The molecule has 25 heavy (non-hydrogen) atoms. The Morgan fingerprint density at radius 3 is 2.40 bits per heavy atom. The van der Waals surface area contributed by atoms with Gasteiger partial charge in [0.2, 0.25) is 0 Å². The number of hydrogen-bond acceptors (Lipinski definition) is 3. The van der Waals surface area contributed by atoms with Gasteiger partial charge in [-0.15, -0.1) is 0 Å². The first-order valence-corrected chi connectivity index (χ1v) is 7.98. The summed E-state index contributed by atoms with van der Waals surface area (Å²) in [5.74, 6) is -1.37. The van der Waals surface area contributed by atoms with Crippen molar-refractivity contribution < 1.29 is 14.3 Å². The van der Waals surface area contributed by atoms with Crippen molar-refractivity contribution in [1.82, 2.24) is 14.5 Å². The molecule has 4 aromatic rings. The van der Waals surface area contributed by atoms with E-state index in [9.17, 15) is 14.3 Å². The molecule has 1 unspecified atom stereocenters. The number of hydrogen-bond donors (Lipinski definition) is 1. The third-order valence-electron chi connectivity index (χ3n) is 4.71. The maximum atomic E-state index is 13.8. The third-order valence-corrected chi connectivity index (χ3v) is 4.71. The lowest BCUT2D eigenvalue weighted by Gasteiger charge is -2.11. The Kier molecular flexibility index (Phi) is 3.25. The minimum Gasteiger partial charge on any atom is -0.480 e. The summed E-state index contributed by atoms with van der Waals surface area (Å²) >= 11 is 0. The molecular weight excluding hydrogens is 321 g/mol. The van der Waals surface area contributed by atoms with Crippen molar-refractivity contribution in [3.05, 3.63) is 47.3 Å². The van der Waals surface area contributed by atoms with Crippen LogP contribution in [0.4, 0.5) is 4.39 Å². The van der Waals surface area contributed by atoms with E-state index in [4.69, 9.17) is 0 Å². The second-order valence-electron chi connectivity index (χ2n) is 6.37. The molecule has 2 aromatic heterocycles. The molecule has 0 amide bonds. The monoisotopic (exact) mass is 337 g/mol. The average Bonchev–Trinajstić information content (AvgIpc) is 2.86. The summed E-state index contributed by atoms with van der Waals surface area (Å²) in [7, 11) is 0. The van der Waals surface area contributed by atoms with Gasteiger partial charge in [0.15, 0.2) is 5.65 Å². The van der Waals surface area contributed by atoms with Gasteiger partial charge < -0.3 is 9.67 Å². The number of nitrogens with zero attached hydrogens (tertiary/aromatic N) is 3. The highest BCUT2D eigenvalue weighted by atomic mass is 19.1. The van der Waals surface area contributed by atoms with Gasteiger partial charge in [-0.05, 0) is 62.2 Å². The van der Waals surface area contributed by atoms with E-state index in [1.807, 2.05) is 26.0 Å². The molecule has 5 nitrogen and oxygen atoms in total. The van der Waals surface area contributed by atoms with Crippen LogP contribution in [0, 0.1) is 19.7 Å². The van der Waals surface area contributed by atoms with Crippen LogP contribution in [0.25, 0.3) is 33.1 Å². The Morgan fingerprint density at radius 1 is 1.12 bits per heavy atom. The van der Waals surface area contributed by atoms with Gasteiger partial charge in [-0.25, -0.2) is 19.2 Å². The van der Waals surface area contributed by atoms with Gasteiger partial charge in [0, 0.05) is 5.39 Å². The van der Waals surface area contributed by atoms with Crippen LogP contribution in [0.2, 0.25) is 0 Å². The number of aryl methyl sites for hydroxylation is 2. The highest BCUT2D eigenvalue weighted by Gasteiger charge is 2.22. The molecule has 6 heteroatoms. The summed E-state index contributed by atoms with van der Waals surface area (Å²) in [6, 6.07) is 7.31. The van der Waals surface area contributed by atoms with Crippen LogP contribution < -0.4 is 0 Å². The predicted octanol–water partition coefficient (Wildman–Crippen LogP) is 4.14. The molecule has 0 saturated carbocycles. The summed E-state index contributed by atoms with van der Waals surface area (Å²) in [6.45, 7) is 5.57. The van der Waals surface area contributed by atoms with E-state index >= 15 is 0 Å². The smallest absolute Gasteiger partial charge is 0.326 e. The standard InChI is InChI=1S/C19H16FN3O2/c1-9-6-14-15(7-10(9)2)22-18-17(21-14)13-8-12(20)4-5-16(13)23(18)11(3)19(24)25/h4-8,11H,1-3H3,(H,24,25). The molecule has 126 valence electrons. The molecule has 0 bridgehead atoms. The van der Waals surface area contributed by atoms with Gasteiger partial charge in [0.25, 0.3) is 0 Å². The summed E-state index contributed by atoms with van der Waals surface area (Å²) in [5.41, 5.74) is 5.15. The normalized spacial score (nSPS) is 13.0. The topological polar surface area (TPSA) is 68.0 Å². The molecular formula is C19H16FN3O2. The number of carbonyl (C=O) groups is 1. The molecule has 0 saturated heterocycles. The second kappa shape index (κ2) is 5.24. The number of aromatic nitrogens is 3. The van der Waals surface area contributed by atoms with Crippen molar-refractivity contribution in [2.75, 3.05) is 0 Å². The van der Waals surface area contributed by atoms with Crippen LogP contribution in [-0.4, -0.2) is 25.6 Å². The summed E-state index contributed by atoms with van der Waals surface area (Å²) in [6.07, 6.45) is 0. The van der Waals surface area contributed by atoms with E-state index in [1.54, 1.807) is 17.6 Å². The van der Waals surface area contributed by atoms with Gasteiger partial charge in [-0.2, -0.15) is 0 Å². The van der Waals surface area contributed by atoms with Gasteiger partial charge in [-0.1, -0.05) is 0 Å². The Morgan fingerprint density at radius 2 is 1.76 bits per heavy atom. The van der Waals surface area contributed by atoms with Gasteiger partial charge in [0.1, 0.15) is 17.4 Å². The first-order valence-electron chi connectivity index (χ1n) is 7.98. The van der Waals surface area contributed by atoms with E-state index in [0.29, 0.717) is 33.1 Å². The fourth-order valence-electron chi connectivity index (χ4n) is 3.18. The highest BCUT2D eigenvalue weighted by molar-refractivity contribution is 6.07. The van der Waals surface area contributed by atoms with Gasteiger partial charge in [0.05, 0.1) is 16.6 Å². The molecule has 1 atom stereocenters. The van der Waals surface area contributed by atoms with Crippen molar-refractivity contribution >= 4 is 39.1 Å². The molecule has 0 spiro atoms. The molecule has 2 heterocycles. The van der Waals surface area contributed by atoms with Crippen molar-refractivity contribution in [2.24, 2.45) is 0 Å². The number of benzene rings is 2. The number of rotatable bonds is 2. The quantitative estimate of drug-likeness (QED) is 0.597. The zero-order chi connectivity index (χ0) is 17.9. The van der Waals surface area contributed by atoms with Gasteiger partial charge >= 0.3 is 5.97 Å². The predicted molar refractivity (Wildman–Crippen MR) is 94.3 cm³/mol. The number of carboxylic acids is 1. The molecule has 2 aromatic carbocycles. The van der Waals surface area contributed by atoms with Gasteiger partial charge in [-0.3, -0.25) is 0 Å². The van der Waals surface area contributed by atoms with Crippen LogP contribution in [0.5, 0.6) is 0 Å². The van der Waals surface area contributed by atoms with Crippen LogP contribution >= 0.6 is 0 Å². The largest absolute Gasteiger partial charge is 0.480 e. The van der Waals surface area contributed by atoms with Crippen molar-refractivity contribution in [2.45, 2.75) is 26.8 Å². The molecule has 4 rings (SSSR count). The lowest BCUT2D eigenvalue weighted by atomic mass is 10.1. The fourth-order valence-corrected chi connectivity index (χ4v) is 3.18. The summed E-state index contributed by atoms with van der Waals surface area (Å²) < 4.78 is 15.4. The minimum absolute atomic E-state index is 0.392. The Hall–Kier alpha value is -3.02. The highest BCUT2D eigenvalue weighted by Crippen LogP contribution is 2.32. The first-order chi connectivity index (χ1) is 11.9. The number of carboxylic acid groups (broad SMARTS) is 1. The molecule has 0 aliphatic rings. The molecule has 0 fully saturated rings. The first kappa shape index (κ1) is 15.5. The molecule has 0 radical (unpaired) electrons. The second-order valence-corrected chi connectivity index (χ2v) is 6.37. The zero-order valence-corrected chi connectivity index (χ0v) is 14.0. The van der Waals surface area contributed by atoms with Crippen molar-refractivity contribution in [3.8, 4) is 0 Å². The SMILES string of the molecule is Cc1cc2nc3c4cc(F)ccc4n(C(C)C(=O)O)c3nc2cc1C. The maximum absolute atomic E-state index is 13.8. The minimum atomic E-state index is -0.981. The van der Waals surface area contributed by atoms with Crippen LogP contribution in [0.3, 0.4) is 0 Å². The number of fused-ring (bicyclic) bond motifs is 4. The zero-order valence-electron chi connectivity index (χ0n) is 14.0. The molecule has 1 N–H and O–H groups in total. The Bertz CT molecular complexity index is 1180. The van der Waals surface area contributed by atoms with E-state index < -0.39 is 17.8 Å².